The van der Waals surface area contributed by atoms with Gasteiger partial charge in [-0.25, -0.2) is 9.97 Å². The molecule has 20 heavy (non-hydrogen) atoms. The zero-order chi connectivity index (χ0) is 14.5. The zero-order valence-corrected chi connectivity index (χ0v) is 11.5. The Labute approximate surface area is 120 Å². The molecule has 0 saturated carbocycles. The number of hydrogen-bond donors (Lipinski definition) is 3. The Balaban J connectivity index is 2.10. The van der Waals surface area contributed by atoms with Crippen LogP contribution in [-0.2, 0) is 4.74 Å². The number of alkyl halides is 1. The second-order valence-corrected chi connectivity index (χ2v) is 5.84. The first-order valence-corrected chi connectivity index (χ1v) is 6.55. The van der Waals surface area contributed by atoms with Gasteiger partial charge in [0.15, 0.2) is 6.23 Å². The van der Waals surface area contributed by atoms with Crippen molar-refractivity contribution in [1.29, 1.82) is 0 Å². The number of rotatable bonds is 2. The summed E-state index contributed by atoms with van der Waals surface area (Å²) in [5.41, 5.74) is 6.36. The number of halogens is 1. The van der Waals surface area contributed by atoms with Gasteiger partial charge in [0.2, 0.25) is 0 Å². The molecule has 0 aromatic carbocycles. The first kappa shape index (κ1) is 13.6. The molecular weight excluding hydrogens is 284 g/mol. The van der Waals surface area contributed by atoms with Crippen LogP contribution in [0.4, 0.5) is 5.82 Å². The number of nitrogens with two attached hydrogens (primary N) is 1. The van der Waals surface area contributed by atoms with Crippen molar-refractivity contribution < 1.29 is 14.9 Å². The van der Waals surface area contributed by atoms with E-state index in [0.29, 0.717) is 16.9 Å². The molecule has 1 aliphatic heterocycles. The lowest BCUT2D eigenvalue weighted by atomic mass is 10.0. The van der Waals surface area contributed by atoms with Gasteiger partial charge in [-0.1, -0.05) is 0 Å². The molecule has 0 aliphatic carbocycles. The highest BCUT2D eigenvalue weighted by Gasteiger charge is 2.53. The van der Waals surface area contributed by atoms with Gasteiger partial charge in [-0.15, -0.1) is 11.6 Å². The zero-order valence-electron chi connectivity index (χ0n) is 10.8. The van der Waals surface area contributed by atoms with Crippen LogP contribution in [0.1, 0.15) is 13.2 Å². The summed E-state index contributed by atoms with van der Waals surface area (Å²) < 4.78 is 7.35. The number of nitrogen functional groups attached to an aromatic ring is 1. The van der Waals surface area contributed by atoms with Crippen LogP contribution < -0.4 is 5.73 Å². The van der Waals surface area contributed by atoms with Crippen molar-refractivity contribution in [3.63, 3.8) is 0 Å². The van der Waals surface area contributed by atoms with Crippen molar-refractivity contribution in [2.75, 3.05) is 12.3 Å². The number of anilines is 1. The smallest absolute Gasteiger partial charge is 0.157 e. The van der Waals surface area contributed by atoms with Crippen LogP contribution in [0.5, 0.6) is 0 Å². The molecule has 4 atom stereocenters. The second kappa shape index (κ2) is 4.56. The number of nitrogens with zero attached hydrogens (tertiary/aromatic N) is 3. The molecule has 0 bridgehead atoms. The minimum atomic E-state index is -1.08. The van der Waals surface area contributed by atoms with Gasteiger partial charge < -0.3 is 25.3 Å². The van der Waals surface area contributed by atoms with Crippen LogP contribution in [0, 0.1) is 0 Å². The lowest BCUT2D eigenvalue weighted by Gasteiger charge is -2.26. The Hall–Kier alpha value is -1.41. The minimum Gasteiger partial charge on any atom is -0.394 e. The Morgan fingerprint density at radius 2 is 2.30 bits per heavy atom. The fourth-order valence-electron chi connectivity index (χ4n) is 2.54. The third-order valence-electron chi connectivity index (χ3n) is 3.69. The van der Waals surface area contributed by atoms with Gasteiger partial charge in [0.25, 0.3) is 0 Å². The largest absolute Gasteiger partial charge is 0.394 e. The molecule has 1 aliphatic rings. The quantitative estimate of drug-likeness (QED) is 0.687. The molecule has 1 saturated heterocycles. The summed E-state index contributed by atoms with van der Waals surface area (Å²) in [5, 5.41) is 20.1. The van der Waals surface area contributed by atoms with Crippen molar-refractivity contribution in [3.05, 3.63) is 18.6 Å². The lowest BCUT2D eigenvalue weighted by molar-refractivity contribution is -0.0439. The molecule has 0 radical (unpaired) electrons. The normalized spacial score (nSPS) is 33.9. The monoisotopic (exact) mass is 298 g/mol. The highest BCUT2D eigenvalue weighted by atomic mass is 35.5. The number of ether oxygens (including phenoxy) is 1. The van der Waals surface area contributed by atoms with E-state index in [4.69, 9.17) is 22.1 Å². The Bertz CT molecular complexity index is 645. The Morgan fingerprint density at radius 3 is 2.95 bits per heavy atom. The molecule has 2 aromatic heterocycles. The lowest BCUT2D eigenvalue weighted by Crippen LogP contribution is -2.39. The second-order valence-electron chi connectivity index (χ2n) is 5.02. The highest BCUT2D eigenvalue weighted by molar-refractivity contribution is 6.24. The predicted molar refractivity (Wildman–Crippen MR) is 73.2 cm³/mol. The number of fused-ring (bicyclic) bond motifs is 1. The summed E-state index contributed by atoms with van der Waals surface area (Å²) in [4.78, 5) is 7.01. The summed E-state index contributed by atoms with van der Waals surface area (Å²) in [6, 6.07) is 1.76. The van der Waals surface area contributed by atoms with Crippen molar-refractivity contribution in [2.45, 2.75) is 30.2 Å². The fourth-order valence-corrected chi connectivity index (χ4v) is 2.84. The number of aliphatic hydroxyl groups excluding tert-OH is 2. The molecule has 0 spiro atoms. The van der Waals surface area contributed by atoms with E-state index in [1.807, 2.05) is 0 Å². The van der Waals surface area contributed by atoms with E-state index in [1.165, 1.54) is 6.33 Å². The van der Waals surface area contributed by atoms with E-state index in [-0.39, 0.29) is 6.61 Å². The van der Waals surface area contributed by atoms with E-state index in [2.05, 4.69) is 9.97 Å². The van der Waals surface area contributed by atoms with Crippen LogP contribution in [-0.4, -0.2) is 48.4 Å². The molecule has 3 heterocycles. The number of hydrogen-bond acceptors (Lipinski definition) is 6. The molecule has 4 N–H and O–H groups in total. The summed E-state index contributed by atoms with van der Waals surface area (Å²) in [6.45, 7) is 1.35. The third kappa shape index (κ3) is 1.78. The van der Waals surface area contributed by atoms with E-state index >= 15 is 0 Å². The number of aliphatic hydroxyl groups is 2. The van der Waals surface area contributed by atoms with Crippen LogP contribution in [0.3, 0.4) is 0 Å². The molecule has 1 fully saturated rings. The topological polar surface area (TPSA) is 106 Å². The Morgan fingerprint density at radius 1 is 1.55 bits per heavy atom. The van der Waals surface area contributed by atoms with Crippen molar-refractivity contribution in [2.24, 2.45) is 0 Å². The summed E-state index contributed by atoms with van der Waals surface area (Å²) in [5.74, 6) is 0.363. The molecule has 3 rings (SSSR count). The van der Waals surface area contributed by atoms with Gasteiger partial charge in [-0.2, -0.15) is 0 Å². The van der Waals surface area contributed by atoms with Crippen LogP contribution in [0.25, 0.3) is 11.0 Å². The summed E-state index contributed by atoms with van der Waals surface area (Å²) >= 11 is 6.41. The first-order valence-electron chi connectivity index (χ1n) is 6.17. The molecule has 0 amide bonds. The maximum absolute atomic E-state index is 10.1. The maximum atomic E-state index is 10.1. The van der Waals surface area contributed by atoms with Crippen molar-refractivity contribution >= 4 is 28.5 Å². The average molecular weight is 299 g/mol. The van der Waals surface area contributed by atoms with Crippen LogP contribution in [0.15, 0.2) is 18.6 Å². The van der Waals surface area contributed by atoms with E-state index in [9.17, 15) is 10.2 Å². The predicted octanol–water partition coefficient (Wildman–Crippen LogP) is 0.262. The molecular formula is C12H15ClN4O3. The van der Waals surface area contributed by atoms with Crippen molar-refractivity contribution in [3.8, 4) is 0 Å². The number of aromatic nitrogens is 3. The average Bonchev–Trinajstić information content (AvgIpc) is 2.92. The van der Waals surface area contributed by atoms with Crippen molar-refractivity contribution in [1.82, 2.24) is 14.5 Å². The van der Waals surface area contributed by atoms with Gasteiger partial charge in [-0.3, -0.25) is 0 Å². The van der Waals surface area contributed by atoms with E-state index < -0.39 is 23.3 Å². The summed E-state index contributed by atoms with van der Waals surface area (Å²) in [7, 11) is 0. The van der Waals surface area contributed by atoms with E-state index in [0.717, 1.165) is 0 Å². The molecule has 2 unspecified atom stereocenters. The third-order valence-corrected chi connectivity index (χ3v) is 4.10. The van der Waals surface area contributed by atoms with Crippen LogP contribution >= 0.6 is 11.6 Å². The molecule has 108 valence electrons. The first-order chi connectivity index (χ1) is 9.46. The van der Waals surface area contributed by atoms with Crippen LogP contribution in [0.2, 0.25) is 0 Å². The van der Waals surface area contributed by atoms with Gasteiger partial charge in [-0.05, 0) is 13.0 Å². The van der Waals surface area contributed by atoms with Gasteiger partial charge in [0.1, 0.15) is 34.9 Å². The maximum Gasteiger partial charge on any atom is 0.157 e. The highest BCUT2D eigenvalue weighted by Crippen LogP contribution is 2.44. The molecule has 8 heteroatoms. The van der Waals surface area contributed by atoms with Gasteiger partial charge >= 0.3 is 0 Å². The fraction of sp³-hybridized carbons (Fsp3) is 0.500. The Kier molecular flexibility index (Phi) is 3.09. The van der Waals surface area contributed by atoms with Gasteiger partial charge in [0.05, 0.1) is 12.0 Å². The van der Waals surface area contributed by atoms with Gasteiger partial charge in [0, 0.05) is 6.20 Å². The standard InChI is InChI=1S/C12H15ClN4O3/c1-12(13)8(19)7(4-18)20-11(12)17-3-2-6-9(14)15-5-16-10(6)17/h2-3,5,7-8,11,18-19H,4H2,1H3,(H2,14,15,16)/t7?,8?,11-,12-/m1/s1. The molecule has 7 nitrogen and oxygen atoms in total. The minimum absolute atomic E-state index is 0.309. The molecule has 2 aromatic rings. The SMILES string of the molecule is C[C@@]1(Cl)C(O)C(CO)O[C@H]1n1ccc2c(N)ncnc21. The summed E-state index contributed by atoms with van der Waals surface area (Å²) in [6.07, 6.45) is 0.695. The van der Waals surface area contributed by atoms with E-state index in [1.54, 1.807) is 23.8 Å².